The fourth-order valence-corrected chi connectivity index (χ4v) is 4.30. The summed E-state index contributed by atoms with van der Waals surface area (Å²) in [5, 5.41) is 0. The van der Waals surface area contributed by atoms with Gasteiger partial charge in [0, 0.05) is 12.6 Å². The summed E-state index contributed by atoms with van der Waals surface area (Å²) in [6.45, 7) is 4.14. The van der Waals surface area contributed by atoms with Gasteiger partial charge in [-0.2, -0.15) is 4.31 Å². The Morgan fingerprint density at radius 1 is 1.44 bits per heavy atom. The van der Waals surface area contributed by atoms with E-state index in [0.29, 0.717) is 12.1 Å². The largest absolute Gasteiger partial charge is 0.243 e. The van der Waals surface area contributed by atoms with Gasteiger partial charge in [-0.3, -0.25) is 0 Å². The highest BCUT2D eigenvalue weighted by atomic mass is 32.2. The molecule has 0 radical (unpaired) electrons. The van der Waals surface area contributed by atoms with Gasteiger partial charge in [0.25, 0.3) is 0 Å². The van der Waals surface area contributed by atoms with Crippen molar-refractivity contribution in [3.8, 4) is 0 Å². The number of aryl methyl sites for hydroxylation is 1. The van der Waals surface area contributed by atoms with E-state index in [4.69, 9.17) is 0 Å². The maximum absolute atomic E-state index is 13.2. The second-order valence-electron chi connectivity index (χ2n) is 4.73. The topological polar surface area (TPSA) is 37.4 Å². The van der Waals surface area contributed by atoms with Crippen molar-refractivity contribution >= 4 is 10.0 Å². The summed E-state index contributed by atoms with van der Waals surface area (Å²) in [5.41, 5.74) is 0.364. The van der Waals surface area contributed by atoms with Crippen molar-refractivity contribution in [1.29, 1.82) is 0 Å². The lowest BCUT2D eigenvalue weighted by Crippen LogP contribution is -2.35. The van der Waals surface area contributed by atoms with E-state index in [1.165, 1.54) is 18.2 Å². The van der Waals surface area contributed by atoms with Crippen LogP contribution >= 0.6 is 0 Å². The fraction of sp³-hybridized carbons (Fsp3) is 0.538. The van der Waals surface area contributed by atoms with Crippen LogP contribution < -0.4 is 0 Å². The highest BCUT2D eigenvalue weighted by Gasteiger charge is 2.34. The molecule has 0 spiro atoms. The minimum absolute atomic E-state index is 0.0837. The summed E-state index contributed by atoms with van der Waals surface area (Å²) in [6, 6.07) is 4.07. The van der Waals surface area contributed by atoms with Crippen molar-refractivity contribution in [1.82, 2.24) is 4.31 Å². The molecule has 0 aromatic heterocycles. The summed E-state index contributed by atoms with van der Waals surface area (Å²) >= 11 is 0. The molecule has 100 valence electrons. The zero-order valence-corrected chi connectivity index (χ0v) is 11.5. The Morgan fingerprint density at radius 2 is 2.17 bits per heavy atom. The first-order valence-corrected chi connectivity index (χ1v) is 7.69. The first kappa shape index (κ1) is 13.5. The number of sulfonamides is 1. The molecule has 3 nitrogen and oxygen atoms in total. The molecule has 2 rings (SSSR count). The van der Waals surface area contributed by atoms with Crippen LogP contribution in [-0.4, -0.2) is 25.3 Å². The molecule has 1 atom stereocenters. The van der Waals surface area contributed by atoms with Crippen LogP contribution in [0.3, 0.4) is 0 Å². The van der Waals surface area contributed by atoms with Gasteiger partial charge in [0.2, 0.25) is 10.0 Å². The van der Waals surface area contributed by atoms with Gasteiger partial charge >= 0.3 is 0 Å². The molecule has 0 N–H and O–H groups in total. The molecule has 5 heteroatoms. The number of hydrogen-bond acceptors (Lipinski definition) is 2. The van der Waals surface area contributed by atoms with E-state index in [1.54, 1.807) is 11.2 Å². The third-order valence-corrected chi connectivity index (χ3v) is 5.48. The predicted molar refractivity (Wildman–Crippen MR) is 68.3 cm³/mol. The predicted octanol–water partition coefficient (Wildman–Crippen LogP) is 2.70. The summed E-state index contributed by atoms with van der Waals surface area (Å²) < 4.78 is 39.7. The van der Waals surface area contributed by atoms with E-state index in [9.17, 15) is 12.8 Å². The molecule has 0 saturated carbocycles. The molecular weight excluding hydrogens is 253 g/mol. The zero-order chi connectivity index (χ0) is 13.3. The standard InChI is InChI=1S/C13H18FNO2S/c1-3-11-5-4-8-15(11)18(16,17)12-6-7-13(14)10(2)9-12/h6-7,9,11H,3-5,8H2,1-2H3. The summed E-state index contributed by atoms with van der Waals surface area (Å²) in [7, 11) is -3.47. The minimum atomic E-state index is -3.47. The molecular formula is C13H18FNO2S. The van der Waals surface area contributed by atoms with E-state index < -0.39 is 10.0 Å². The second-order valence-corrected chi connectivity index (χ2v) is 6.62. The monoisotopic (exact) mass is 271 g/mol. The molecule has 1 aromatic carbocycles. The van der Waals surface area contributed by atoms with Crippen LogP contribution in [0.1, 0.15) is 31.7 Å². The molecule has 18 heavy (non-hydrogen) atoms. The second kappa shape index (κ2) is 4.97. The SMILES string of the molecule is CCC1CCCN1S(=O)(=O)c1ccc(F)c(C)c1. The van der Waals surface area contributed by atoms with Gasteiger partial charge in [0.1, 0.15) is 5.82 Å². The summed E-state index contributed by atoms with van der Waals surface area (Å²) in [5.74, 6) is -0.373. The lowest BCUT2D eigenvalue weighted by atomic mass is 10.2. The van der Waals surface area contributed by atoms with Crippen molar-refractivity contribution in [3.63, 3.8) is 0 Å². The van der Waals surface area contributed by atoms with E-state index in [-0.39, 0.29) is 16.8 Å². The normalized spacial score (nSPS) is 21.4. The van der Waals surface area contributed by atoms with Crippen LogP contribution in [-0.2, 0) is 10.0 Å². The lowest BCUT2D eigenvalue weighted by molar-refractivity contribution is 0.379. The summed E-state index contributed by atoms with van der Waals surface area (Å²) in [6.07, 6.45) is 2.63. The van der Waals surface area contributed by atoms with E-state index in [1.807, 2.05) is 6.92 Å². The van der Waals surface area contributed by atoms with Gasteiger partial charge in [-0.1, -0.05) is 6.92 Å². The highest BCUT2D eigenvalue weighted by molar-refractivity contribution is 7.89. The Balaban J connectivity index is 2.38. The molecule has 1 saturated heterocycles. The molecule has 1 aliphatic heterocycles. The van der Waals surface area contributed by atoms with Gasteiger partial charge in [-0.25, -0.2) is 12.8 Å². The Labute approximate surface area is 108 Å². The third kappa shape index (κ3) is 2.29. The number of benzene rings is 1. The summed E-state index contributed by atoms with van der Waals surface area (Å²) in [4.78, 5) is 0.196. The average molecular weight is 271 g/mol. The Bertz CT molecular complexity index is 542. The molecule has 0 bridgehead atoms. The average Bonchev–Trinajstić information content (AvgIpc) is 2.81. The van der Waals surface area contributed by atoms with Crippen molar-refractivity contribution in [2.24, 2.45) is 0 Å². The Kier molecular flexibility index (Phi) is 3.73. The smallest absolute Gasteiger partial charge is 0.207 e. The molecule has 1 unspecified atom stereocenters. The maximum Gasteiger partial charge on any atom is 0.243 e. The van der Waals surface area contributed by atoms with Crippen LogP contribution in [0.15, 0.2) is 23.1 Å². The molecule has 1 heterocycles. The maximum atomic E-state index is 13.2. The van der Waals surface area contributed by atoms with E-state index in [2.05, 4.69) is 0 Å². The van der Waals surface area contributed by atoms with Gasteiger partial charge in [-0.05, 0) is 49.9 Å². The van der Waals surface area contributed by atoms with Crippen molar-refractivity contribution < 1.29 is 12.8 Å². The first-order chi connectivity index (χ1) is 8.46. The Hall–Kier alpha value is -0.940. The molecule has 1 aliphatic rings. The van der Waals surface area contributed by atoms with Crippen LogP contribution in [0.5, 0.6) is 0 Å². The molecule has 0 aliphatic carbocycles. The van der Waals surface area contributed by atoms with Crippen molar-refractivity contribution in [3.05, 3.63) is 29.6 Å². The minimum Gasteiger partial charge on any atom is -0.207 e. The number of rotatable bonds is 3. The van der Waals surface area contributed by atoms with Crippen molar-refractivity contribution in [2.75, 3.05) is 6.54 Å². The van der Waals surface area contributed by atoms with Gasteiger partial charge < -0.3 is 0 Å². The van der Waals surface area contributed by atoms with Crippen LogP contribution in [0.2, 0.25) is 0 Å². The lowest BCUT2D eigenvalue weighted by Gasteiger charge is -2.23. The molecule has 1 aromatic rings. The number of hydrogen-bond donors (Lipinski definition) is 0. The van der Waals surface area contributed by atoms with Crippen LogP contribution in [0, 0.1) is 12.7 Å². The van der Waals surface area contributed by atoms with Crippen LogP contribution in [0.4, 0.5) is 4.39 Å². The van der Waals surface area contributed by atoms with Gasteiger partial charge in [0.15, 0.2) is 0 Å². The zero-order valence-electron chi connectivity index (χ0n) is 10.7. The quantitative estimate of drug-likeness (QED) is 0.847. The molecule has 1 fully saturated rings. The number of halogens is 1. The van der Waals surface area contributed by atoms with E-state index >= 15 is 0 Å². The first-order valence-electron chi connectivity index (χ1n) is 6.25. The van der Waals surface area contributed by atoms with Crippen molar-refractivity contribution in [2.45, 2.75) is 44.0 Å². The number of nitrogens with zero attached hydrogens (tertiary/aromatic N) is 1. The van der Waals surface area contributed by atoms with Gasteiger partial charge in [-0.15, -0.1) is 0 Å². The Morgan fingerprint density at radius 3 is 2.78 bits per heavy atom. The highest BCUT2D eigenvalue weighted by Crippen LogP contribution is 2.28. The van der Waals surface area contributed by atoms with E-state index in [0.717, 1.165) is 19.3 Å². The van der Waals surface area contributed by atoms with Crippen LogP contribution in [0.25, 0.3) is 0 Å². The molecule has 0 amide bonds. The van der Waals surface area contributed by atoms with Gasteiger partial charge in [0.05, 0.1) is 4.90 Å². The fourth-order valence-electron chi connectivity index (χ4n) is 2.45. The third-order valence-electron chi connectivity index (χ3n) is 3.53.